The fraction of sp³-hybridized carbons (Fsp3) is 0.652. The van der Waals surface area contributed by atoms with E-state index in [9.17, 15) is 14.0 Å². The molecule has 4 fully saturated rings. The Balaban J connectivity index is 1.15. The van der Waals surface area contributed by atoms with Gasteiger partial charge >= 0.3 is 6.09 Å². The van der Waals surface area contributed by atoms with Gasteiger partial charge in [0, 0.05) is 19.5 Å². The van der Waals surface area contributed by atoms with Crippen molar-refractivity contribution >= 4 is 23.4 Å². The van der Waals surface area contributed by atoms with Crippen molar-refractivity contribution in [1.29, 1.82) is 0 Å². The molecule has 4 aliphatic rings. The first kappa shape index (κ1) is 20.5. The van der Waals surface area contributed by atoms with Gasteiger partial charge in [0.15, 0.2) is 0 Å². The largest absolute Gasteiger partial charge is 0.442 e. The number of ether oxygens (including phenoxy) is 2. The number of anilines is 2. The van der Waals surface area contributed by atoms with E-state index in [1.807, 2.05) is 4.90 Å². The van der Waals surface area contributed by atoms with Crippen molar-refractivity contribution in [3.63, 3.8) is 0 Å². The highest BCUT2D eigenvalue weighted by molar-refractivity contribution is 5.90. The Morgan fingerprint density at radius 2 is 2.06 bits per heavy atom. The first-order chi connectivity index (χ1) is 15.0. The maximum absolute atomic E-state index is 14.7. The van der Waals surface area contributed by atoms with E-state index in [2.05, 4.69) is 5.32 Å². The Morgan fingerprint density at radius 3 is 2.77 bits per heavy atom. The van der Waals surface area contributed by atoms with Gasteiger partial charge in [0.05, 0.1) is 37.7 Å². The molecule has 0 spiro atoms. The fourth-order valence-corrected chi connectivity index (χ4v) is 5.73. The number of halogens is 1. The number of rotatable bonds is 6. The van der Waals surface area contributed by atoms with Crippen molar-refractivity contribution in [1.82, 2.24) is 5.32 Å². The standard InChI is InChI=1S/C23H30FN3O4/c24-19-12-17(3-4-20(19)26-8-10-30-11-9-26)27-15-18(31-22(27)29)14-25-21(28)13-23-6-1-2-16(23)5-7-23/h3-4,12,16,18H,1-2,5-11,13-15H2,(H,25,28). The van der Waals surface area contributed by atoms with Crippen LogP contribution in [0.25, 0.3) is 0 Å². The maximum atomic E-state index is 14.7. The van der Waals surface area contributed by atoms with Gasteiger partial charge in [-0.25, -0.2) is 9.18 Å². The van der Waals surface area contributed by atoms with Crippen LogP contribution in [0.15, 0.2) is 18.2 Å². The van der Waals surface area contributed by atoms with Crippen LogP contribution >= 0.6 is 0 Å². The van der Waals surface area contributed by atoms with E-state index in [0.29, 0.717) is 56.6 Å². The number of carbonyl (C=O) groups is 2. The van der Waals surface area contributed by atoms with E-state index in [0.717, 1.165) is 12.8 Å². The highest BCUT2D eigenvalue weighted by Crippen LogP contribution is 2.59. The molecule has 8 heteroatoms. The minimum Gasteiger partial charge on any atom is -0.442 e. The zero-order chi connectivity index (χ0) is 21.4. The molecule has 0 radical (unpaired) electrons. The SMILES string of the molecule is O=C(CC12CCCC1CC2)NCC1CN(c2ccc(N3CCOCC3)c(F)c2)C(=O)O1. The van der Waals surface area contributed by atoms with Gasteiger partial charge in [-0.1, -0.05) is 6.42 Å². The first-order valence-corrected chi connectivity index (χ1v) is 11.4. The van der Waals surface area contributed by atoms with Gasteiger partial charge in [-0.2, -0.15) is 0 Å². The number of carbonyl (C=O) groups excluding carboxylic acids is 2. The van der Waals surface area contributed by atoms with E-state index in [-0.39, 0.29) is 23.7 Å². The van der Waals surface area contributed by atoms with Gasteiger partial charge in [0.25, 0.3) is 0 Å². The average Bonchev–Trinajstić information content (AvgIpc) is 3.27. The number of cyclic esters (lactones) is 1. The Kier molecular flexibility index (Phi) is 5.50. The van der Waals surface area contributed by atoms with Crippen LogP contribution in [-0.4, -0.2) is 57.5 Å². The number of fused-ring (bicyclic) bond motifs is 1. The number of nitrogens with one attached hydrogen (secondary N) is 1. The Labute approximate surface area is 181 Å². The second-order valence-corrected chi connectivity index (χ2v) is 9.32. The molecule has 168 valence electrons. The van der Waals surface area contributed by atoms with E-state index >= 15 is 0 Å². The lowest BCUT2D eigenvalue weighted by Gasteiger charge is -2.45. The minimum absolute atomic E-state index is 0.0435. The summed E-state index contributed by atoms with van der Waals surface area (Å²) in [6, 6.07) is 4.82. The molecule has 5 rings (SSSR count). The van der Waals surface area contributed by atoms with Crippen LogP contribution in [0, 0.1) is 17.2 Å². The monoisotopic (exact) mass is 431 g/mol. The van der Waals surface area contributed by atoms with Gasteiger partial charge in [-0.3, -0.25) is 9.69 Å². The number of hydrogen-bond donors (Lipinski definition) is 1. The molecule has 2 heterocycles. The van der Waals surface area contributed by atoms with Crippen LogP contribution in [0.1, 0.15) is 38.5 Å². The third-order valence-corrected chi connectivity index (χ3v) is 7.59. The number of benzene rings is 1. The molecular weight excluding hydrogens is 401 g/mol. The Morgan fingerprint density at radius 1 is 1.23 bits per heavy atom. The Hall–Kier alpha value is -2.35. The van der Waals surface area contributed by atoms with Crippen molar-refractivity contribution in [3.05, 3.63) is 24.0 Å². The van der Waals surface area contributed by atoms with Gasteiger partial charge in [-0.15, -0.1) is 0 Å². The van der Waals surface area contributed by atoms with Crippen LogP contribution in [-0.2, 0) is 14.3 Å². The summed E-state index contributed by atoms with van der Waals surface area (Å²) < 4.78 is 25.5. The van der Waals surface area contributed by atoms with Crippen molar-refractivity contribution < 1.29 is 23.5 Å². The van der Waals surface area contributed by atoms with Crippen LogP contribution in [0.5, 0.6) is 0 Å². The number of morpholine rings is 1. The molecule has 2 aliphatic carbocycles. The van der Waals surface area contributed by atoms with Gasteiger partial charge < -0.3 is 19.7 Å². The maximum Gasteiger partial charge on any atom is 0.414 e. The smallest absolute Gasteiger partial charge is 0.414 e. The third-order valence-electron chi connectivity index (χ3n) is 7.59. The van der Waals surface area contributed by atoms with Crippen LogP contribution in [0.3, 0.4) is 0 Å². The second kappa shape index (κ2) is 8.30. The summed E-state index contributed by atoms with van der Waals surface area (Å²) in [5, 5.41) is 2.95. The summed E-state index contributed by atoms with van der Waals surface area (Å²) in [6.07, 6.45) is 5.69. The summed E-state index contributed by atoms with van der Waals surface area (Å²) >= 11 is 0. The molecule has 2 saturated carbocycles. The van der Waals surface area contributed by atoms with E-state index < -0.39 is 12.2 Å². The summed E-state index contributed by atoms with van der Waals surface area (Å²) in [7, 11) is 0. The molecule has 31 heavy (non-hydrogen) atoms. The van der Waals surface area contributed by atoms with Crippen molar-refractivity contribution in [3.8, 4) is 0 Å². The molecule has 2 amide bonds. The normalized spacial score (nSPS) is 30.0. The average molecular weight is 432 g/mol. The molecule has 0 bridgehead atoms. The molecule has 7 nitrogen and oxygen atoms in total. The van der Waals surface area contributed by atoms with Gasteiger partial charge in [0.1, 0.15) is 11.9 Å². The zero-order valence-electron chi connectivity index (χ0n) is 17.8. The summed E-state index contributed by atoms with van der Waals surface area (Å²) in [5.74, 6) is 0.394. The van der Waals surface area contributed by atoms with Crippen molar-refractivity contribution in [2.24, 2.45) is 11.3 Å². The summed E-state index contributed by atoms with van der Waals surface area (Å²) in [5.41, 5.74) is 1.21. The number of amides is 2. The fourth-order valence-electron chi connectivity index (χ4n) is 5.73. The van der Waals surface area contributed by atoms with Crippen molar-refractivity contribution in [2.75, 3.05) is 49.2 Å². The zero-order valence-corrected chi connectivity index (χ0v) is 17.8. The number of nitrogens with zero attached hydrogens (tertiary/aromatic N) is 2. The van der Waals surface area contributed by atoms with Crippen molar-refractivity contribution in [2.45, 2.75) is 44.6 Å². The molecule has 1 aromatic rings. The molecule has 2 saturated heterocycles. The summed E-state index contributed by atoms with van der Waals surface area (Å²) in [4.78, 5) is 28.2. The highest BCUT2D eigenvalue weighted by atomic mass is 19.1. The first-order valence-electron chi connectivity index (χ1n) is 11.4. The molecule has 3 unspecified atom stereocenters. The molecular formula is C23H30FN3O4. The van der Waals surface area contributed by atoms with E-state index in [1.54, 1.807) is 12.1 Å². The Bertz CT molecular complexity index is 859. The van der Waals surface area contributed by atoms with Crippen LogP contribution in [0.2, 0.25) is 0 Å². The molecule has 0 aromatic heterocycles. The van der Waals surface area contributed by atoms with Gasteiger partial charge in [-0.05, 0) is 55.2 Å². The van der Waals surface area contributed by atoms with Gasteiger partial charge in [0.2, 0.25) is 5.91 Å². The summed E-state index contributed by atoms with van der Waals surface area (Å²) in [6.45, 7) is 3.03. The number of hydrogen-bond acceptors (Lipinski definition) is 5. The topological polar surface area (TPSA) is 71.1 Å². The predicted molar refractivity (Wildman–Crippen MR) is 114 cm³/mol. The third kappa shape index (κ3) is 3.97. The lowest BCUT2D eigenvalue weighted by Crippen LogP contribution is -2.42. The van der Waals surface area contributed by atoms with E-state index in [1.165, 1.54) is 30.2 Å². The quantitative estimate of drug-likeness (QED) is 0.750. The highest BCUT2D eigenvalue weighted by Gasteiger charge is 2.50. The molecule has 1 N–H and O–H groups in total. The lowest BCUT2D eigenvalue weighted by molar-refractivity contribution is -0.126. The molecule has 1 aromatic carbocycles. The van der Waals surface area contributed by atoms with Crippen LogP contribution < -0.4 is 15.1 Å². The minimum atomic E-state index is -0.508. The molecule has 2 aliphatic heterocycles. The van der Waals surface area contributed by atoms with Crippen LogP contribution in [0.4, 0.5) is 20.6 Å². The molecule has 3 atom stereocenters. The lowest BCUT2D eigenvalue weighted by atomic mass is 9.60. The second-order valence-electron chi connectivity index (χ2n) is 9.32. The van der Waals surface area contributed by atoms with E-state index in [4.69, 9.17) is 9.47 Å². The predicted octanol–water partition coefficient (Wildman–Crippen LogP) is 3.07.